The normalized spacial score (nSPS) is 13.2. The summed E-state index contributed by atoms with van der Waals surface area (Å²) in [5.74, 6) is -0.0973. The molecule has 0 saturated heterocycles. The number of nitrogens with one attached hydrogen (secondary N) is 1. The van der Waals surface area contributed by atoms with Crippen molar-refractivity contribution in [1.29, 1.82) is 0 Å². The Morgan fingerprint density at radius 2 is 1.92 bits per heavy atom. The Morgan fingerprint density at radius 1 is 1.24 bits per heavy atom. The SMILES string of the molecule is Cc1ccc(CSCC(=O)OCC(=O)N(C)CC(=O)NC2CC2)cc1. The van der Waals surface area contributed by atoms with E-state index >= 15 is 0 Å². The minimum atomic E-state index is -0.429. The number of aryl methyl sites for hydroxylation is 1. The minimum Gasteiger partial charge on any atom is -0.455 e. The number of carbonyl (C=O) groups is 3. The second-order valence-corrected chi connectivity index (χ2v) is 7.22. The van der Waals surface area contributed by atoms with Crippen LogP contribution in [0.25, 0.3) is 0 Å². The summed E-state index contributed by atoms with van der Waals surface area (Å²) in [5, 5.41) is 2.81. The van der Waals surface area contributed by atoms with Crippen LogP contribution in [0.2, 0.25) is 0 Å². The molecule has 1 saturated carbocycles. The van der Waals surface area contributed by atoms with Crippen LogP contribution in [0.5, 0.6) is 0 Å². The van der Waals surface area contributed by atoms with Gasteiger partial charge in [-0.25, -0.2) is 0 Å². The van der Waals surface area contributed by atoms with Gasteiger partial charge in [-0.05, 0) is 25.3 Å². The summed E-state index contributed by atoms with van der Waals surface area (Å²) in [6.07, 6.45) is 2.00. The smallest absolute Gasteiger partial charge is 0.316 e. The molecular formula is C18H24N2O4S. The largest absolute Gasteiger partial charge is 0.455 e. The molecule has 0 aromatic heterocycles. The molecule has 1 N–H and O–H groups in total. The summed E-state index contributed by atoms with van der Waals surface area (Å²) in [4.78, 5) is 36.5. The molecule has 0 unspecified atom stereocenters. The van der Waals surface area contributed by atoms with Gasteiger partial charge in [0.15, 0.2) is 6.61 Å². The predicted molar refractivity (Wildman–Crippen MR) is 97.1 cm³/mol. The van der Waals surface area contributed by atoms with E-state index in [0.29, 0.717) is 5.75 Å². The number of thioether (sulfide) groups is 1. The minimum absolute atomic E-state index is 0.0188. The quantitative estimate of drug-likeness (QED) is 0.672. The first-order chi connectivity index (χ1) is 11.9. The molecule has 2 amide bonds. The van der Waals surface area contributed by atoms with Crippen molar-refractivity contribution in [3.05, 3.63) is 35.4 Å². The average Bonchev–Trinajstić information content (AvgIpc) is 3.38. The summed E-state index contributed by atoms with van der Waals surface area (Å²) in [5.41, 5.74) is 2.34. The zero-order chi connectivity index (χ0) is 18.2. The highest BCUT2D eigenvalue weighted by Crippen LogP contribution is 2.18. The highest BCUT2D eigenvalue weighted by Gasteiger charge is 2.24. The van der Waals surface area contributed by atoms with Gasteiger partial charge in [0.2, 0.25) is 5.91 Å². The predicted octanol–water partition coefficient (Wildman–Crippen LogP) is 1.51. The van der Waals surface area contributed by atoms with Crippen LogP contribution >= 0.6 is 11.8 Å². The van der Waals surface area contributed by atoms with Crippen molar-refractivity contribution in [2.45, 2.75) is 31.6 Å². The Balaban J connectivity index is 1.58. The first-order valence-electron chi connectivity index (χ1n) is 8.26. The summed E-state index contributed by atoms with van der Waals surface area (Å²) in [7, 11) is 1.52. The molecule has 1 aliphatic carbocycles. The number of ether oxygens (including phenoxy) is 1. The van der Waals surface area contributed by atoms with E-state index in [4.69, 9.17) is 4.74 Å². The van der Waals surface area contributed by atoms with E-state index in [1.165, 1.54) is 29.3 Å². The summed E-state index contributed by atoms with van der Waals surface area (Å²) in [6.45, 7) is 1.67. The molecule has 1 fully saturated rings. The fraction of sp³-hybridized carbons (Fsp3) is 0.500. The van der Waals surface area contributed by atoms with Crippen molar-refractivity contribution in [2.24, 2.45) is 0 Å². The van der Waals surface area contributed by atoms with Crippen LogP contribution in [0.3, 0.4) is 0 Å². The van der Waals surface area contributed by atoms with Gasteiger partial charge in [-0.2, -0.15) is 0 Å². The molecule has 1 aliphatic rings. The van der Waals surface area contributed by atoms with Gasteiger partial charge in [-0.3, -0.25) is 14.4 Å². The van der Waals surface area contributed by atoms with Gasteiger partial charge in [-0.1, -0.05) is 29.8 Å². The molecule has 0 spiro atoms. The highest BCUT2D eigenvalue weighted by atomic mass is 32.2. The van der Waals surface area contributed by atoms with Crippen LogP contribution in [0.1, 0.15) is 24.0 Å². The van der Waals surface area contributed by atoms with Crippen LogP contribution in [-0.2, 0) is 24.9 Å². The van der Waals surface area contributed by atoms with Gasteiger partial charge in [-0.15, -0.1) is 11.8 Å². The second kappa shape index (κ2) is 9.46. The van der Waals surface area contributed by atoms with E-state index in [-0.39, 0.29) is 36.8 Å². The van der Waals surface area contributed by atoms with E-state index in [2.05, 4.69) is 5.32 Å². The van der Waals surface area contributed by atoms with E-state index < -0.39 is 5.97 Å². The lowest BCUT2D eigenvalue weighted by atomic mass is 10.2. The number of likely N-dealkylation sites (N-methyl/N-ethyl adjacent to an activating group) is 1. The molecule has 1 aromatic carbocycles. The number of amides is 2. The van der Waals surface area contributed by atoms with Crippen LogP contribution in [0.4, 0.5) is 0 Å². The van der Waals surface area contributed by atoms with Gasteiger partial charge in [0, 0.05) is 18.8 Å². The number of hydrogen-bond acceptors (Lipinski definition) is 5. The molecule has 6 nitrogen and oxygen atoms in total. The van der Waals surface area contributed by atoms with Gasteiger partial charge in [0.25, 0.3) is 5.91 Å². The fourth-order valence-corrected chi connectivity index (χ4v) is 2.82. The van der Waals surface area contributed by atoms with E-state index in [0.717, 1.165) is 18.4 Å². The maximum absolute atomic E-state index is 11.9. The zero-order valence-electron chi connectivity index (χ0n) is 14.6. The first kappa shape index (κ1) is 19.3. The third-order valence-electron chi connectivity index (χ3n) is 3.71. The molecule has 0 heterocycles. The third-order valence-corrected chi connectivity index (χ3v) is 4.69. The lowest BCUT2D eigenvalue weighted by Crippen LogP contribution is -2.40. The molecular weight excluding hydrogens is 340 g/mol. The van der Waals surface area contributed by atoms with E-state index in [1.807, 2.05) is 31.2 Å². The van der Waals surface area contributed by atoms with Crippen molar-refractivity contribution in [1.82, 2.24) is 10.2 Å². The summed E-state index contributed by atoms with van der Waals surface area (Å²) in [6, 6.07) is 8.38. The Hall–Kier alpha value is -2.02. The maximum atomic E-state index is 11.9. The molecule has 7 heteroatoms. The highest BCUT2D eigenvalue weighted by molar-refractivity contribution is 7.99. The summed E-state index contributed by atoms with van der Waals surface area (Å²) >= 11 is 1.44. The Kier molecular flexibility index (Phi) is 7.31. The number of benzene rings is 1. The van der Waals surface area contributed by atoms with Gasteiger partial charge >= 0.3 is 5.97 Å². The third kappa shape index (κ3) is 7.60. The van der Waals surface area contributed by atoms with Crippen molar-refractivity contribution in [3.8, 4) is 0 Å². The molecule has 0 aliphatic heterocycles. The average molecular weight is 364 g/mol. The van der Waals surface area contributed by atoms with Crippen LogP contribution in [0.15, 0.2) is 24.3 Å². The lowest BCUT2D eigenvalue weighted by Gasteiger charge is -2.16. The maximum Gasteiger partial charge on any atom is 0.316 e. The van der Waals surface area contributed by atoms with Gasteiger partial charge in [0.05, 0.1) is 12.3 Å². The fourth-order valence-electron chi connectivity index (χ4n) is 2.04. The number of nitrogens with zero attached hydrogens (tertiary/aromatic N) is 1. The number of hydrogen-bond donors (Lipinski definition) is 1. The van der Waals surface area contributed by atoms with Gasteiger partial charge < -0.3 is 15.0 Å². The zero-order valence-corrected chi connectivity index (χ0v) is 15.4. The summed E-state index contributed by atoms with van der Waals surface area (Å²) < 4.78 is 4.97. The molecule has 2 rings (SSSR count). The molecule has 0 bridgehead atoms. The van der Waals surface area contributed by atoms with Crippen molar-refractivity contribution < 1.29 is 19.1 Å². The van der Waals surface area contributed by atoms with Crippen molar-refractivity contribution in [2.75, 3.05) is 26.0 Å². The van der Waals surface area contributed by atoms with Crippen LogP contribution < -0.4 is 5.32 Å². The number of esters is 1. The van der Waals surface area contributed by atoms with Crippen molar-refractivity contribution in [3.63, 3.8) is 0 Å². The Bertz CT molecular complexity index is 614. The molecule has 0 radical (unpaired) electrons. The molecule has 0 atom stereocenters. The molecule has 1 aromatic rings. The van der Waals surface area contributed by atoms with Crippen LogP contribution in [-0.4, -0.2) is 54.7 Å². The number of rotatable bonds is 9. The number of carbonyl (C=O) groups excluding carboxylic acids is 3. The first-order valence-corrected chi connectivity index (χ1v) is 9.42. The Labute approximate surface area is 152 Å². The van der Waals surface area contributed by atoms with Gasteiger partial charge in [0.1, 0.15) is 0 Å². The monoisotopic (exact) mass is 364 g/mol. The second-order valence-electron chi connectivity index (χ2n) is 6.23. The van der Waals surface area contributed by atoms with Crippen LogP contribution in [0, 0.1) is 6.92 Å². The van der Waals surface area contributed by atoms with E-state index in [9.17, 15) is 14.4 Å². The standard InChI is InChI=1S/C18H24N2O4S/c1-13-3-5-14(6-4-13)11-25-12-18(23)24-10-17(22)20(2)9-16(21)19-15-7-8-15/h3-6,15H,7-12H2,1-2H3,(H,19,21). The molecule has 25 heavy (non-hydrogen) atoms. The lowest BCUT2D eigenvalue weighted by molar-refractivity contribution is -0.149. The van der Waals surface area contributed by atoms with E-state index in [1.54, 1.807) is 0 Å². The Morgan fingerprint density at radius 3 is 2.56 bits per heavy atom. The topological polar surface area (TPSA) is 75.7 Å². The van der Waals surface area contributed by atoms with Crippen molar-refractivity contribution >= 4 is 29.5 Å². The molecule has 136 valence electrons.